The molecule has 0 radical (unpaired) electrons. The summed E-state index contributed by atoms with van der Waals surface area (Å²) < 4.78 is 78.2. The summed E-state index contributed by atoms with van der Waals surface area (Å²) in [6.07, 6.45) is -1.88. The molecular formula is C21H22F4N2O3S. The summed E-state index contributed by atoms with van der Waals surface area (Å²) in [5.74, 6) is -1.60. The van der Waals surface area contributed by atoms with Crippen molar-refractivity contribution in [3.05, 3.63) is 53.8 Å². The molecular weight excluding hydrogens is 436 g/mol. The summed E-state index contributed by atoms with van der Waals surface area (Å²) in [6.45, 7) is 2.39. The van der Waals surface area contributed by atoms with Crippen LogP contribution in [0.15, 0.2) is 47.4 Å². The molecule has 0 saturated carbocycles. The third-order valence-electron chi connectivity index (χ3n) is 5.26. The average molecular weight is 458 g/mol. The number of hydrogen-bond donors (Lipinski definition) is 1. The van der Waals surface area contributed by atoms with Crippen LogP contribution in [0.4, 0.5) is 28.9 Å². The fourth-order valence-corrected chi connectivity index (χ4v) is 4.69. The molecule has 1 saturated heterocycles. The summed E-state index contributed by atoms with van der Waals surface area (Å²) in [5, 5.41) is 0.778. The fraction of sp³-hybridized carbons (Fsp3) is 0.381. The van der Waals surface area contributed by atoms with Gasteiger partial charge in [-0.3, -0.25) is 4.79 Å². The Morgan fingerprint density at radius 2 is 1.65 bits per heavy atom. The zero-order valence-corrected chi connectivity index (χ0v) is 17.6. The smallest absolute Gasteiger partial charge is 0.370 e. The van der Waals surface area contributed by atoms with E-state index in [2.05, 4.69) is 5.32 Å². The molecule has 1 aliphatic heterocycles. The third-order valence-corrected chi connectivity index (χ3v) is 7.33. The summed E-state index contributed by atoms with van der Waals surface area (Å²) in [4.78, 5) is 14.4. The largest absolute Gasteiger partial charge is 0.416 e. The molecule has 3 rings (SSSR count). The lowest BCUT2D eigenvalue weighted by Crippen LogP contribution is -2.34. The Morgan fingerprint density at radius 3 is 2.23 bits per heavy atom. The van der Waals surface area contributed by atoms with Crippen molar-refractivity contribution in [3.8, 4) is 0 Å². The molecule has 1 aliphatic rings. The summed E-state index contributed by atoms with van der Waals surface area (Å²) in [5.41, 5.74) is -0.632. The SMILES string of the molecule is CC(C(=O)Nc1cc(C(F)(F)F)ccc1N1CCCCC1)S(=O)(=O)c1ccc(F)cc1. The van der Waals surface area contributed by atoms with Crippen LogP contribution in [0, 0.1) is 5.82 Å². The van der Waals surface area contributed by atoms with Gasteiger partial charge in [-0.15, -0.1) is 0 Å². The molecule has 1 fully saturated rings. The normalized spacial score (nSPS) is 16.1. The lowest BCUT2D eigenvalue weighted by molar-refractivity contribution is -0.137. The van der Waals surface area contributed by atoms with Gasteiger partial charge in [-0.2, -0.15) is 13.2 Å². The first kappa shape index (κ1) is 23.1. The molecule has 1 heterocycles. The number of carbonyl (C=O) groups is 1. The Kier molecular flexibility index (Phi) is 6.59. The van der Waals surface area contributed by atoms with E-state index >= 15 is 0 Å². The van der Waals surface area contributed by atoms with E-state index < -0.39 is 38.6 Å². The maximum absolute atomic E-state index is 13.2. The molecule has 0 aromatic heterocycles. The first-order valence-electron chi connectivity index (χ1n) is 9.76. The molecule has 2 aromatic carbocycles. The molecule has 10 heteroatoms. The molecule has 0 bridgehead atoms. The van der Waals surface area contributed by atoms with Crippen LogP contribution in [0.1, 0.15) is 31.7 Å². The number of nitrogens with one attached hydrogen (secondary N) is 1. The minimum atomic E-state index is -4.62. The van der Waals surface area contributed by atoms with Gasteiger partial charge in [0.25, 0.3) is 0 Å². The number of amides is 1. The molecule has 168 valence electrons. The lowest BCUT2D eigenvalue weighted by Gasteiger charge is -2.31. The molecule has 5 nitrogen and oxygen atoms in total. The van der Waals surface area contributed by atoms with E-state index in [0.717, 1.165) is 62.6 Å². The van der Waals surface area contributed by atoms with Crippen LogP contribution in [0.2, 0.25) is 0 Å². The Bertz CT molecular complexity index is 1050. The molecule has 1 unspecified atom stereocenters. The van der Waals surface area contributed by atoms with Gasteiger partial charge in [0.15, 0.2) is 9.84 Å². The Morgan fingerprint density at radius 1 is 1.03 bits per heavy atom. The van der Waals surface area contributed by atoms with Crippen LogP contribution in [0.25, 0.3) is 0 Å². The minimum absolute atomic E-state index is 0.0946. The van der Waals surface area contributed by atoms with Gasteiger partial charge in [0.1, 0.15) is 11.1 Å². The van der Waals surface area contributed by atoms with Gasteiger partial charge in [-0.25, -0.2) is 12.8 Å². The van der Waals surface area contributed by atoms with E-state index in [1.54, 1.807) is 0 Å². The number of alkyl halides is 3. The molecule has 0 aliphatic carbocycles. The fourth-order valence-electron chi connectivity index (χ4n) is 3.43. The zero-order valence-electron chi connectivity index (χ0n) is 16.7. The topological polar surface area (TPSA) is 66.5 Å². The zero-order chi connectivity index (χ0) is 22.8. The van der Waals surface area contributed by atoms with Crippen LogP contribution in [-0.4, -0.2) is 32.7 Å². The van der Waals surface area contributed by atoms with Crippen molar-refractivity contribution in [1.29, 1.82) is 0 Å². The number of rotatable bonds is 5. The van der Waals surface area contributed by atoms with E-state index in [4.69, 9.17) is 0 Å². The van der Waals surface area contributed by atoms with Gasteiger partial charge in [-0.1, -0.05) is 0 Å². The maximum atomic E-state index is 13.2. The summed E-state index contributed by atoms with van der Waals surface area (Å²) >= 11 is 0. The highest BCUT2D eigenvalue weighted by atomic mass is 32.2. The van der Waals surface area contributed by atoms with Crippen molar-refractivity contribution in [2.45, 2.75) is 42.5 Å². The van der Waals surface area contributed by atoms with Crippen LogP contribution in [0.5, 0.6) is 0 Å². The van der Waals surface area contributed by atoms with E-state index in [1.165, 1.54) is 6.07 Å². The first-order valence-corrected chi connectivity index (χ1v) is 11.3. The second-order valence-electron chi connectivity index (χ2n) is 7.41. The number of hydrogen-bond acceptors (Lipinski definition) is 4. The van der Waals surface area contributed by atoms with Crippen LogP contribution in [-0.2, 0) is 20.8 Å². The number of sulfone groups is 1. The van der Waals surface area contributed by atoms with Gasteiger partial charge in [0, 0.05) is 13.1 Å². The van der Waals surface area contributed by atoms with Crippen LogP contribution < -0.4 is 10.2 Å². The van der Waals surface area contributed by atoms with E-state index in [0.29, 0.717) is 18.8 Å². The monoisotopic (exact) mass is 458 g/mol. The van der Waals surface area contributed by atoms with Crippen molar-refractivity contribution in [3.63, 3.8) is 0 Å². The van der Waals surface area contributed by atoms with Gasteiger partial charge < -0.3 is 10.2 Å². The molecule has 1 amide bonds. The Hall–Kier alpha value is -2.62. The first-order chi connectivity index (χ1) is 14.5. The predicted octanol–water partition coefficient (Wildman–Crippen LogP) is 4.64. The molecule has 1 N–H and O–H groups in total. The Labute approximate surface area is 178 Å². The quantitative estimate of drug-likeness (QED) is 0.524. The maximum Gasteiger partial charge on any atom is 0.416 e. The van der Waals surface area contributed by atoms with Crippen molar-refractivity contribution >= 4 is 27.1 Å². The highest BCUT2D eigenvalue weighted by Gasteiger charge is 2.34. The van der Waals surface area contributed by atoms with Gasteiger partial charge >= 0.3 is 6.18 Å². The summed E-state index contributed by atoms with van der Waals surface area (Å²) in [6, 6.07) is 7.05. The van der Waals surface area contributed by atoms with E-state index in [-0.39, 0.29) is 10.6 Å². The highest BCUT2D eigenvalue weighted by molar-refractivity contribution is 7.92. The second-order valence-corrected chi connectivity index (χ2v) is 9.68. The predicted molar refractivity (Wildman–Crippen MR) is 109 cm³/mol. The van der Waals surface area contributed by atoms with Gasteiger partial charge in [0.05, 0.1) is 21.8 Å². The molecule has 1 atom stereocenters. The minimum Gasteiger partial charge on any atom is -0.370 e. The molecule has 0 spiro atoms. The molecule has 31 heavy (non-hydrogen) atoms. The number of anilines is 2. The van der Waals surface area contributed by atoms with Crippen LogP contribution in [0.3, 0.4) is 0 Å². The van der Waals surface area contributed by atoms with E-state index in [1.807, 2.05) is 4.90 Å². The third kappa shape index (κ3) is 5.17. The number of nitrogens with zero attached hydrogens (tertiary/aromatic N) is 1. The second kappa shape index (κ2) is 8.86. The van der Waals surface area contributed by atoms with Crippen molar-refractivity contribution in [2.75, 3.05) is 23.3 Å². The standard InChI is InChI=1S/C21H22F4N2O3S/c1-14(31(29,30)17-8-6-16(22)7-9-17)20(28)26-18-13-15(21(23,24)25)5-10-19(18)27-11-3-2-4-12-27/h5-10,13-14H,2-4,11-12H2,1H3,(H,26,28). The number of piperidine rings is 1. The summed E-state index contributed by atoms with van der Waals surface area (Å²) in [7, 11) is -4.17. The van der Waals surface area contributed by atoms with Gasteiger partial charge in [-0.05, 0) is 68.7 Å². The molecule has 2 aromatic rings. The number of halogens is 4. The van der Waals surface area contributed by atoms with Gasteiger partial charge in [0.2, 0.25) is 5.91 Å². The Balaban J connectivity index is 1.91. The van der Waals surface area contributed by atoms with Crippen LogP contribution >= 0.6 is 0 Å². The van der Waals surface area contributed by atoms with Crippen molar-refractivity contribution in [1.82, 2.24) is 0 Å². The number of carbonyl (C=O) groups excluding carboxylic acids is 1. The van der Waals surface area contributed by atoms with Crippen molar-refractivity contribution in [2.24, 2.45) is 0 Å². The van der Waals surface area contributed by atoms with Crippen molar-refractivity contribution < 1.29 is 30.8 Å². The lowest BCUT2D eigenvalue weighted by atomic mass is 10.1. The van der Waals surface area contributed by atoms with E-state index in [9.17, 15) is 30.8 Å². The average Bonchev–Trinajstić information content (AvgIpc) is 2.73. The number of benzene rings is 2. The highest BCUT2D eigenvalue weighted by Crippen LogP contribution is 2.36.